The normalized spacial score (nSPS) is 14.0. The third-order valence-electron chi connectivity index (χ3n) is 10.2. The Kier molecular flexibility index (Phi) is 40.5. The van der Waals surface area contributed by atoms with Crippen LogP contribution in [0.3, 0.4) is 0 Å². The average molecular weight is 827 g/mol. The van der Waals surface area contributed by atoms with Crippen LogP contribution in [0.25, 0.3) is 0 Å². The number of esters is 1. The number of unbranched alkanes of at least 4 members (excludes halogenated alkanes) is 24. The summed E-state index contributed by atoms with van der Waals surface area (Å²) in [6.07, 6.45) is 48.9. The van der Waals surface area contributed by atoms with Crippen LogP contribution in [-0.2, 0) is 27.9 Å². The number of carbonyl (C=O) groups is 1. The molecule has 0 amide bonds. The second-order valence-electron chi connectivity index (χ2n) is 17.1. The van der Waals surface area contributed by atoms with Gasteiger partial charge in [0, 0.05) is 13.0 Å². The molecule has 0 aliphatic rings. The summed E-state index contributed by atoms with van der Waals surface area (Å²) in [5, 5.41) is 0. The molecule has 0 aromatic heterocycles. The second kappa shape index (κ2) is 41.5. The Morgan fingerprint density at radius 1 is 0.561 bits per heavy atom. The number of hydrogen-bond donors (Lipinski definition) is 1. The zero-order valence-electron chi connectivity index (χ0n) is 38.1. The van der Waals surface area contributed by atoms with E-state index in [-0.39, 0.29) is 25.8 Å². The number of quaternary nitrogens is 1. The Labute approximate surface area is 353 Å². The highest BCUT2D eigenvalue weighted by atomic mass is 31.2. The minimum atomic E-state index is -4.28. The van der Waals surface area contributed by atoms with Gasteiger partial charge in [0.15, 0.2) is 0 Å². The minimum absolute atomic E-state index is 0.0867. The van der Waals surface area contributed by atoms with Crippen LogP contribution in [0.1, 0.15) is 206 Å². The maximum absolute atomic E-state index is 12.7. The van der Waals surface area contributed by atoms with Crippen LogP contribution in [0.4, 0.5) is 0 Å². The summed E-state index contributed by atoms with van der Waals surface area (Å²) in [6.45, 7) is 5.51. The molecule has 0 saturated heterocycles. The van der Waals surface area contributed by atoms with E-state index in [2.05, 4.69) is 50.3 Å². The molecule has 0 heterocycles. The zero-order valence-corrected chi connectivity index (χ0v) is 39.0. The third kappa shape index (κ3) is 45.7. The van der Waals surface area contributed by atoms with Crippen LogP contribution >= 0.6 is 7.82 Å². The summed E-state index contributed by atoms with van der Waals surface area (Å²) in [7, 11) is 1.66. The number of nitrogens with zero attached hydrogens (tertiary/aromatic N) is 1. The lowest BCUT2D eigenvalue weighted by Gasteiger charge is -2.24. The Morgan fingerprint density at radius 3 is 1.53 bits per heavy atom. The number of ether oxygens (including phenoxy) is 2. The van der Waals surface area contributed by atoms with Gasteiger partial charge >= 0.3 is 13.8 Å². The van der Waals surface area contributed by atoms with Crippen LogP contribution in [-0.4, -0.2) is 75.6 Å². The number of carbonyl (C=O) groups excluding carboxylic acids is 1. The highest BCUT2D eigenvalue weighted by Crippen LogP contribution is 2.43. The predicted molar refractivity (Wildman–Crippen MR) is 243 cm³/mol. The van der Waals surface area contributed by atoms with Gasteiger partial charge in [-0.05, 0) is 44.9 Å². The first kappa shape index (κ1) is 55.7. The molecule has 9 heteroatoms. The molecule has 0 aliphatic carbocycles. The van der Waals surface area contributed by atoms with E-state index in [0.717, 1.165) is 57.8 Å². The van der Waals surface area contributed by atoms with Crippen LogP contribution in [0, 0.1) is 0 Å². The molecular formula is C48H93NO7P+. The fraction of sp³-hybridized carbons (Fsp3) is 0.854. The van der Waals surface area contributed by atoms with Gasteiger partial charge < -0.3 is 18.9 Å². The van der Waals surface area contributed by atoms with E-state index in [0.29, 0.717) is 24.1 Å². The molecule has 0 aromatic rings. The van der Waals surface area contributed by atoms with Gasteiger partial charge in [-0.3, -0.25) is 13.8 Å². The van der Waals surface area contributed by atoms with Crippen molar-refractivity contribution in [1.29, 1.82) is 0 Å². The van der Waals surface area contributed by atoms with Gasteiger partial charge in [0.2, 0.25) is 0 Å². The first-order chi connectivity index (χ1) is 27.6. The van der Waals surface area contributed by atoms with Crippen molar-refractivity contribution in [3.63, 3.8) is 0 Å². The SMILES string of the molecule is CC/C=C\C/C=C\C/C=C\CCCCCCCCOCC(COP(=O)(O)OCC[N+](C)(C)C)OC(=O)CCCCCCCCCCCCCCCCCCCCC. The topological polar surface area (TPSA) is 91.3 Å². The standard InChI is InChI=1S/C48H92NO7P/c1-6-8-10-12-14-16-18-20-22-24-25-26-27-29-31-33-35-37-39-41-48(50)56-47(46-55-57(51,52)54-44-42-49(3,4)5)45-53-43-40-38-36-34-32-30-28-23-21-19-17-15-13-11-9-7-2/h9,11,15,17,21,23,47H,6-8,10,12-14,16,18-20,22,24-46H2,1-5H3/p+1/b11-9-,17-15-,23-21-. The summed E-state index contributed by atoms with van der Waals surface area (Å²) in [4.78, 5) is 22.9. The van der Waals surface area contributed by atoms with E-state index in [1.807, 2.05) is 21.1 Å². The molecule has 57 heavy (non-hydrogen) atoms. The number of hydrogen-bond acceptors (Lipinski definition) is 6. The number of likely N-dealkylation sites (N-methyl/N-ethyl adjacent to an activating group) is 1. The van der Waals surface area contributed by atoms with Crippen molar-refractivity contribution in [2.75, 3.05) is 54.1 Å². The van der Waals surface area contributed by atoms with Gasteiger partial charge in [0.25, 0.3) is 0 Å². The van der Waals surface area contributed by atoms with Crippen LogP contribution in [0.15, 0.2) is 36.5 Å². The highest BCUT2D eigenvalue weighted by Gasteiger charge is 2.26. The Hall–Kier alpha value is -1.28. The molecule has 0 saturated carbocycles. The van der Waals surface area contributed by atoms with E-state index in [4.69, 9.17) is 18.5 Å². The fourth-order valence-corrected chi connectivity index (χ4v) is 7.31. The quantitative estimate of drug-likeness (QED) is 0.0215. The highest BCUT2D eigenvalue weighted by molar-refractivity contribution is 7.47. The van der Waals surface area contributed by atoms with Gasteiger partial charge in [-0.25, -0.2) is 4.57 Å². The molecule has 8 nitrogen and oxygen atoms in total. The van der Waals surface area contributed by atoms with Crippen molar-refractivity contribution < 1.29 is 37.3 Å². The molecule has 0 rings (SSSR count). The van der Waals surface area contributed by atoms with E-state index in [1.165, 1.54) is 128 Å². The predicted octanol–water partition coefficient (Wildman–Crippen LogP) is 14.2. The van der Waals surface area contributed by atoms with E-state index < -0.39 is 13.9 Å². The maximum atomic E-state index is 12.7. The fourth-order valence-electron chi connectivity index (χ4n) is 6.57. The number of allylic oxidation sites excluding steroid dienone is 6. The molecule has 0 bridgehead atoms. The summed E-state index contributed by atoms with van der Waals surface area (Å²) in [6, 6.07) is 0. The number of phosphoric ester groups is 1. The van der Waals surface area contributed by atoms with Crippen molar-refractivity contribution in [2.24, 2.45) is 0 Å². The molecule has 0 fully saturated rings. The minimum Gasteiger partial charge on any atom is -0.457 e. The molecular weight excluding hydrogens is 734 g/mol. The number of phosphoric acid groups is 1. The molecule has 0 aliphatic heterocycles. The lowest BCUT2D eigenvalue weighted by atomic mass is 10.0. The van der Waals surface area contributed by atoms with Crippen LogP contribution < -0.4 is 0 Å². The zero-order chi connectivity index (χ0) is 42.0. The molecule has 0 spiro atoms. The van der Waals surface area contributed by atoms with Crippen molar-refractivity contribution in [1.82, 2.24) is 0 Å². The van der Waals surface area contributed by atoms with Crippen LogP contribution in [0.2, 0.25) is 0 Å². The first-order valence-corrected chi connectivity index (χ1v) is 25.2. The lowest BCUT2D eigenvalue weighted by Crippen LogP contribution is -2.37. The van der Waals surface area contributed by atoms with Crippen molar-refractivity contribution in [3.8, 4) is 0 Å². The molecule has 1 N–H and O–H groups in total. The largest absolute Gasteiger partial charge is 0.472 e. The Balaban J connectivity index is 4.18. The van der Waals surface area contributed by atoms with E-state index in [9.17, 15) is 14.3 Å². The van der Waals surface area contributed by atoms with E-state index >= 15 is 0 Å². The molecule has 0 aromatic carbocycles. The van der Waals surface area contributed by atoms with E-state index in [1.54, 1.807) is 0 Å². The average Bonchev–Trinajstić information content (AvgIpc) is 3.16. The Morgan fingerprint density at radius 2 is 1.02 bits per heavy atom. The van der Waals surface area contributed by atoms with Crippen molar-refractivity contribution in [2.45, 2.75) is 213 Å². The maximum Gasteiger partial charge on any atom is 0.472 e. The van der Waals surface area contributed by atoms with Gasteiger partial charge in [-0.2, -0.15) is 0 Å². The van der Waals surface area contributed by atoms with Crippen molar-refractivity contribution >= 4 is 13.8 Å². The first-order valence-electron chi connectivity index (χ1n) is 23.7. The van der Waals surface area contributed by atoms with Gasteiger partial charge in [-0.15, -0.1) is 0 Å². The smallest absolute Gasteiger partial charge is 0.457 e. The summed E-state index contributed by atoms with van der Waals surface area (Å²) >= 11 is 0. The third-order valence-corrected chi connectivity index (χ3v) is 11.2. The number of rotatable bonds is 44. The summed E-state index contributed by atoms with van der Waals surface area (Å²) in [5.41, 5.74) is 0. The molecule has 2 atom stereocenters. The summed E-state index contributed by atoms with van der Waals surface area (Å²) in [5.74, 6) is -0.316. The molecule has 2 unspecified atom stereocenters. The van der Waals surface area contributed by atoms with Gasteiger partial charge in [-0.1, -0.05) is 192 Å². The van der Waals surface area contributed by atoms with Crippen LogP contribution in [0.5, 0.6) is 0 Å². The summed E-state index contributed by atoms with van der Waals surface area (Å²) < 4.78 is 35.1. The lowest BCUT2D eigenvalue weighted by molar-refractivity contribution is -0.870. The van der Waals surface area contributed by atoms with Gasteiger partial charge in [0.05, 0.1) is 34.4 Å². The van der Waals surface area contributed by atoms with Crippen molar-refractivity contribution in [3.05, 3.63) is 36.5 Å². The Bertz CT molecular complexity index is 1010. The molecule has 0 radical (unpaired) electrons. The second-order valence-corrected chi connectivity index (χ2v) is 18.6. The monoisotopic (exact) mass is 827 g/mol. The molecule has 336 valence electrons. The van der Waals surface area contributed by atoms with Gasteiger partial charge in [0.1, 0.15) is 19.3 Å².